The maximum atomic E-state index is 12.2. The Morgan fingerprint density at radius 1 is 1.52 bits per heavy atom. The first-order chi connectivity index (χ1) is 9.97. The molecule has 8 heteroatoms. The second kappa shape index (κ2) is 7.15. The Morgan fingerprint density at radius 2 is 2.29 bits per heavy atom. The van der Waals surface area contributed by atoms with Gasteiger partial charge in [0.05, 0.1) is 10.6 Å². The zero-order chi connectivity index (χ0) is 15.4. The van der Waals surface area contributed by atoms with Crippen LogP contribution < -0.4 is 0 Å². The number of carboxylic acid groups (broad SMARTS) is 1. The lowest BCUT2D eigenvalue weighted by molar-refractivity contribution is -0.137. The summed E-state index contributed by atoms with van der Waals surface area (Å²) >= 11 is 9.65. The molecule has 21 heavy (non-hydrogen) atoms. The predicted molar refractivity (Wildman–Crippen MR) is 88.7 cm³/mol. The van der Waals surface area contributed by atoms with Crippen molar-refractivity contribution in [2.75, 3.05) is 6.54 Å². The molecule has 1 saturated heterocycles. The number of aromatic nitrogens is 1. The summed E-state index contributed by atoms with van der Waals surface area (Å²) in [6, 6.07) is 5.42. The summed E-state index contributed by atoms with van der Waals surface area (Å²) in [5.74, 6) is -1.08. The van der Waals surface area contributed by atoms with Gasteiger partial charge in [-0.25, -0.2) is 4.98 Å². The normalized spacial score (nSPS) is 16.8. The fourth-order valence-electron chi connectivity index (χ4n) is 1.72. The van der Waals surface area contributed by atoms with Gasteiger partial charge in [0.2, 0.25) is 0 Å². The lowest BCUT2D eigenvalue weighted by Crippen LogP contribution is -2.29. The van der Waals surface area contributed by atoms with Crippen LogP contribution in [0.25, 0.3) is 6.08 Å². The van der Waals surface area contributed by atoms with Crippen molar-refractivity contribution < 1.29 is 14.7 Å². The monoisotopic (exact) mass is 386 g/mol. The zero-order valence-electron chi connectivity index (χ0n) is 10.8. The van der Waals surface area contributed by atoms with Crippen LogP contribution in [-0.2, 0) is 9.59 Å². The number of thioether (sulfide) groups is 1. The van der Waals surface area contributed by atoms with E-state index in [4.69, 9.17) is 17.3 Å². The molecule has 1 amide bonds. The van der Waals surface area contributed by atoms with Crippen LogP contribution in [-0.4, -0.2) is 37.7 Å². The number of rotatable bonds is 5. The highest BCUT2D eigenvalue weighted by Gasteiger charge is 2.31. The minimum absolute atomic E-state index is 0.0172. The van der Waals surface area contributed by atoms with Gasteiger partial charge >= 0.3 is 5.97 Å². The van der Waals surface area contributed by atoms with Crippen molar-refractivity contribution in [3.05, 3.63) is 33.4 Å². The number of amides is 1. The fraction of sp³-hybridized carbons (Fsp3) is 0.231. The number of hydrogen-bond donors (Lipinski definition) is 1. The summed E-state index contributed by atoms with van der Waals surface area (Å²) in [7, 11) is 0. The maximum absolute atomic E-state index is 12.2. The molecule has 0 aliphatic carbocycles. The van der Waals surface area contributed by atoms with Crippen molar-refractivity contribution in [2.24, 2.45) is 0 Å². The van der Waals surface area contributed by atoms with Gasteiger partial charge in [-0.15, -0.1) is 0 Å². The number of carboxylic acids is 1. The number of nitrogens with zero attached hydrogens (tertiary/aromatic N) is 2. The van der Waals surface area contributed by atoms with Gasteiger partial charge in [0.15, 0.2) is 0 Å². The Bertz CT molecular complexity index is 634. The summed E-state index contributed by atoms with van der Waals surface area (Å²) < 4.78 is 1.14. The van der Waals surface area contributed by atoms with Crippen molar-refractivity contribution in [2.45, 2.75) is 12.8 Å². The van der Waals surface area contributed by atoms with Gasteiger partial charge in [-0.1, -0.05) is 30.0 Å². The van der Waals surface area contributed by atoms with Gasteiger partial charge in [-0.3, -0.25) is 14.5 Å². The molecule has 2 rings (SSSR count). The summed E-state index contributed by atoms with van der Waals surface area (Å²) in [5, 5.41) is 8.63. The molecule has 0 bridgehead atoms. The summed E-state index contributed by atoms with van der Waals surface area (Å²) in [4.78, 5) is 28.9. The molecule has 110 valence electrons. The van der Waals surface area contributed by atoms with Crippen molar-refractivity contribution in [1.29, 1.82) is 0 Å². The lowest BCUT2D eigenvalue weighted by atomic mass is 10.3. The lowest BCUT2D eigenvalue weighted by Gasteiger charge is -2.13. The van der Waals surface area contributed by atoms with Gasteiger partial charge in [-0.05, 0) is 40.6 Å². The fourth-order valence-corrected chi connectivity index (χ4v) is 3.37. The van der Waals surface area contributed by atoms with Crippen molar-refractivity contribution in [3.8, 4) is 0 Å². The summed E-state index contributed by atoms with van der Waals surface area (Å²) in [6.45, 7) is 0.320. The van der Waals surface area contributed by atoms with E-state index in [0.29, 0.717) is 32.5 Å². The highest BCUT2D eigenvalue weighted by molar-refractivity contribution is 9.10. The first kappa shape index (κ1) is 16.1. The average molecular weight is 387 g/mol. The van der Waals surface area contributed by atoms with Crippen LogP contribution >= 0.6 is 39.9 Å². The standard InChI is InChI=1S/C13H11BrN2O3S2/c14-10-4-1-3-8(15-10)7-9-12(19)16(13(20)21-9)6-2-5-11(17)18/h1,3-4,7H,2,5-6H2,(H,17,18). The van der Waals surface area contributed by atoms with Gasteiger partial charge in [-0.2, -0.15) is 0 Å². The van der Waals surface area contributed by atoms with E-state index in [2.05, 4.69) is 20.9 Å². The van der Waals surface area contributed by atoms with Crippen LogP contribution in [0.3, 0.4) is 0 Å². The number of thiocarbonyl (C=S) groups is 1. The molecule has 1 aromatic rings. The number of halogens is 1. The third-order valence-corrected chi connectivity index (χ3v) is 4.48. The molecule has 2 heterocycles. The first-order valence-corrected chi connectivity index (χ1v) is 8.09. The van der Waals surface area contributed by atoms with Gasteiger partial charge in [0, 0.05) is 13.0 Å². The summed E-state index contributed by atoms with van der Waals surface area (Å²) in [5.41, 5.74) is 0.662. The van der Waals surface area contributed by atoms with Crippen molar-refractivity contribution in [1.82, 2.24) is 9.88 Å². The Kier molecular flexibility index (Phi) is 5.49. The predicted octanol–water partition coefficient (Wildman–Crippen LogP) is 2.91. The number of carbonyl (C=O) groups is 2. The smallest absolute Gasteiger partial charge is 0.303 e. The molecule has 0 unspecified atom stereocenters. The quantitative estimate of drug-likeness (QED) is 0.476. The Morgan fingerprint density at radius 3 is 2.95 bits per heavy atom. The third-order valence-electron chi connectivity index (χ3n) is 2.66. The average Bonchev–Trinajstić information content (AvgIpc) is 2.66. The van der Waals surface area contributed by atoms with E-state index >= 15 is 0 Å². The minimum Gasteiger partial charge on any atom is -0.481 e. The van der Waals surface area contributed by atoms with Gasteiger partial charge in [0.25, 0.3) is 5.91 Å². The second-order valence-corrected chi connectivity index (χ2v) is 6.70. The van der Waals surface area contributed by atoms with E-state index in [1.165, 1.54) is 16.7 Å². The van der Waals surface area contributed by atoms with Crippen LogP contribution in [0.2, 0.25) is 0 Å². The number of carbonyl (C=O) groups excluding carboxylic acids is 1. The topological polar surface area (TPSA) is 70.5 Å². The molecule has 1 aromatic heterocycles. The SMILES string of the molecule is O=C(O)CCCN1C(=O)C(=Cc2cccc(Br)n2)SC1=S. The highest BCUT2D eigenvalue weighted by Crippen LogP contribution is 2.32. The van der Waals surface area contributed by atoms with E-state index in [1.54, 1.807) is 18.2 Å². The Labute approximate surface area is 139 Å². The molecule has 0 saturated carbocycles. The van der Waals surface area contributed by atoms with E-state index in [0.717, 1.165) is 0 Å². The third kappa shape index (κ3) is 4.36. The molecular weight excluding hydrogens is 376 g/mol. The largest absolute Gasteiger partial charge is 0.481 e. The van der Waals surface area contributed by atoms with Gasteiger partial charge in [0.1, 0.15) is 8.92 Å². The van der Waals surface area contributed by atoms with E-state index in [-0.39, 0.29) is 12.3 Å². The van der Waals surface area contributed by atoms with Gasteiger partial charge < -0.3 is 5.11 Å². The molecular formula is C13H11BrN2O3S2. The molecule has 0 aromatic carbocycles. The molecule has 1 N–H and O–H groups in total. The van der Waals surface area contributed by atoms with Crippen molar-refractivity contribution >= 4 is 62.2 Å². The van der Waals surface area contributed by atoms with E-state index in [9.17, 15) is 9.59 Å². The van der Waals surface area contributed by atoms with E-state index in [1.807, 2.05) is 6.07 Å². The molecule has 0 atom stereocenters. The second-order valence-electron chi connectivity index (χ2n) is 4.22. The van der Waals surface area contributed by atoms with Crippen LogP contribution in [0, 0.1) is 0 Å². The molecule has 5 nitrogen and oxygen atoms in total. The van der Waals surface area contributed by atoms with Crippen LogP contribution in [0.1, 0.15) is 18.5 Å². The van der Waals surface area contributed by atoms with Crippen molar-refractivity contribution in [3.63, 3.8) is 0 Å². The molecule has 0 spiro atoms. The van der Waals surface area contributed by atoms with Crippen LogP contribution in [0.5, 0.6) is 0 Å². The Balaban J connectivity index is 2.08. The number of pyridine rings is 1. The first-order valence-electron chi connectivity index (χ1n) is 6.07. The highest BCUT2D eigenvalue weighted by atomic mass is 79.9. The molecule has 0 radical (unpaired) electrons. The van der Waals surface area contributed by atoms with Crippen LogP contribution in [0.4, 0.5) is 0 Å². The zero-order valence-corrected chi connectivity index (χ0v) is 14.0. The van der Waals surface area contributed by atoms with Crippen LogP contribution in [0.15, 0.2) is 27.7 Å². The number of aliphatic carboxylic acids is 1. The molecule has 1 aliphatic heterocycles. The minimum atomic E-state index is -0.880. The molecule has 1 aliphatic rings. The van der Waals surface area contributed by atoms with E-state index < -0.39 is 5.97 Å². The summed E-state index contributed by atoms with van der Waals surface area (Å²) in [6.07, 6.45) is 2.08. The number of hydrogen-bond acceptors (Lipinski definition) is 5. The maximum Gasteiger partial charge on any atom is 0.303 e. The molecule has 1 fully saturated rings. The Hall–Kier alpha value is -1.25.